The molecule has 0 atom stereocenters. The lowest BCUT2D eigenvalue weighted by Gasteiger charge is -2.02. The predicted octanol–water partition coefficient (Wildman–Crippen LogP) is 3.55. The standard InChI is InChI=1S/C19H19ClN4OS/c20-14-3-5-16(6-4-14)24-9-7-15(23-24)12-22-19(25)18-10-13-11-21-8-1-2-17(13)26-18/h3-7,9-10,21H,1-2,8,11-12H2,(H,22,25). The Morgan fingerprint density at radius 2 is 2.15 bits per heavy atom. The molecular formula is C19H19ClN4OS. The summed E-state index contributed by atoms with van der Waals surface area (Å²) in [4.78, 5) is 14.6. The van der Waals surface area contributed by atoms with Crippen molar-refractivity contribution >= 4 is 28.8 Å². The Morgan fingerprint density at radius 1 is 1.31 bits per heavy atom. The van der Waals surface area contributed by atoms with Crippen LogP contribution in [-0.4, -0.2) is 22.2 Å². The summed E-state index contributed by atoms with van der Waals surface area (Å²) in [6.07, 6.45) is 4.05. The monoisotopic (exact) mass is 386 g/mol. The number of hydrogen-bond acceptors (Lipinski definition) is 4. The summed E-state index contributed by atoms with van der Waals surface area (Å²) in [5.41, 5.74) is 3.00. The second kappa shape index (κ2) is 7.61. The van der Waals surface area contributed by atoms with Crippen LogP contribution in [-0.2, 0) is 19.5 Å². The number of carbonyl (C=O) groups is 1. The third-order valence-corrected chi connectivity index (χ3v) is 5.85. The first-order chi connectivity index (χ1) is 12.7. The molecule has 26 heavy (non-hydrogen) atoms. The Hall–Kier alpha value is -2.15. The molecule has 0 aliphatic carbocycles. The van der Waals surface area contributed by atoms with Gasteiger partial charge in [-0.1, -0.05) is 11.6 Å². The van der Waals surface area contributed by atoms with Crippen LogP contribution in [0.3, 0.4) is 0 Å². The van der Waals surface area contributed by atoms with Crippen molar-refractivity contribution in [3.05, 3.63) is 68.6 Å². The number of fused-ring (bicyclic) bond motifs is 1. The smallest absolute Gasteiger partial charge is 0.261 e. The van der Waals surface area contributed by atoms with Crippen molar-refractivity contribution in [3.63, 3.8) is 0 Å². The van der Waals surface area contributed by atoms with Gasteiger partial charge in [0.15, 0.2) is 0 Å². The molecule has 0 bridgehead atoms. The number of aromatic nitrogens is 2. The molecule has 7 heteroatoms. The third-order valence-electron chi connectivity index (χ3n) is 4.36. The van der Waals surface area contributed by atoms with Gasteiger partial charge < -0.3 is 10.6 Å². The van der Waals surface area contributed by atoms with Crippen molar-refractivity contribution in [3.8, 4) is 5.69 Å². The van der Waals surface area contributed by atoms with E-state index in [9.17, 15) is 4.79 Å². The summed E-state index contributed by atoms with van der Waals surface area (Å²) >= 11 is 7.52. The average molecular weight is 387 g/mol. The molecule has 0 fully saturated rings. The van der Waals surface area contributed by atoms with Crippen LogP contribution in [0.1, 0.15) is 32.2 Å². The van der Waals surface area contributed by atoms with Crippen molar-refractivity contribution in [1.82, 2.24) is 20.4 Å². The fourth-order valence-corrected chi connectivity index (χ4v) is 4.25. The second-order valence-corrected chi connectivity index (χ2v) is 7.82. The lowest BCUT2D eigenvalue weighted by molar-refractivity contribution is 0.0954. The van der Waals surface area contributed by atoms with Crippen LogP contribution in [0.2, 0.25) is 5.02 Å². The van der Waals surface area contributed by atoms with Crippen LogP contribution in [0.5, 0.6) is 0 Å². The minimum Gasteiger partial charge on any atom is -0.346 e. The highest BCUT2D eigenvalue weighted by Gasteiger charge is 2.16. The number of halogens is 1. The lowest BCUT2D eigenvalue weighted by Crippen LogP contribution is -2.22. The van der Waals surface area contributed by atoms with E-state index in [-0.39, 0.29) is 5.91 Å². The van der Waals surface area contributed by atoms with Crippen molar-refractivity contribution in [2.24, 2.45) is 0 Å². The van der Waals surface area contributed by atoms with Gasteiger partial charge in [-0.25, -0.2) is 4.68 Å². The molecule has 5 nitrogen and oxygen atoms in total. The number of rotatable bonds is 4. The molecule has 0 unspecified atom stereocenters. The van der Waals surface area contributed by atoms with E-state index in [4.69, 9.17) is 11.6 Å². The van der Waals surface area contributed by atoms with Crippen molar-refractivity contribution in [1.29, 1.82) is 0 Å². The molecule has 0 radical (unpaired) electrons. The highest BCUT2D eigenvalue weighted by atomic mass is 35.5. The van der Waals surface area contributed by atoms with E-state index in [0.717, 1.165) is 42.2 Å². The molecule has 0 saturated carbocycles. The quantitative estimate of drug-likeness (QED) is 0.720. The zero-order valence-corrected chi connectivity index (χ0v) is 15.7. The maximum Gasteiger partial charge on any atom is 0.261 e. The summed E-state index contributed by atoms with van der Waals surface area (Å²) in [6.45, 7) is 2.30. The number of aryl methyl sites for hydroxylation is 1. The highest BCUT2D eigenvalue weighted by molar-refractivity contribution is 7.14. The molecule has 0 spiro atoms. The fraction of sp³-hybridized carbons (Fsp3) is 0.263. The molecule has 2 aromatic heterocycles. The average Bonchev–Trinajstić information content (AvgIpc) is 3.23. The number of amides is 1. The Bertz CT molecular complexity index is 893. The Morgan fingerprint density at radius 3 is 3.00 bits per heavy atom. The molecule has 4 rings (SSSR count). The van der Waals surface area contributed by atoms with Crippen molar-refractivity contribution in [2.75, 3.05) is 6.54 Å². The topological polar surface area (TPSA) is 59.0 Å². The number of thiophene rings is 1. The normalized spacial score (nSPS) is 13.9. The maximum atomic E-state index is 12.5. The summed E-state index contributed by atoms with van der Waals surface area (Å²) in [5, 5.41) is 11.6. The Balaban J connectivity index is 1.40. The van der Waals surface area contributed by atoms with E-state index in [2.05, 4.69) is 15.7 Å². The number of nitrogens with one attached hydrogen (secondary N) is 2. The van der Waals surface area contributed by atoms with Crippen LogP contribution in [0, 0.1) is 0 Å². The number of hydrogen-bond donors (Lipinski definition) is 2. The fourth-order valence-electron chi connectivity index (χ4n) is 2.99. The van der Waals surface area contributed by atoms with E-state index >= 15 is 0 Å². The zero-order valence-electron chi connectivity index (χ0n) is 14.2. The van der Waals surface area contributed by atoms with Gasteiger partial charge in [-0.15, -0.1) is 11.3 Å². The first-order valence-electron chi connectivity index (χ1n) is 8.60. The van der Waals surface area contributed by atoms with Crippen molar-refractivity contribution < 1.29 is 4.79 Å². The van der Waals surface area contributed by atoms with Crippen LogP contribution < -0.4 is 10.6 Å². The van der Waals surface area contributed by atoms with Gasteiger partial charge in [-0.3, -0.25) is 4.79 Å². The van der Waals surface area contributed by atoms with Crippen LogP contribution >= 0.6 is 22.9 Å². The molecule has 1 aromatic carbocycles. The van der Waals surface area contributed by atoms with Gasteiger partial charge in [0.1, 0.15) is 0 Å². The van der Waals surface area contributed by atoms with E-state index in [1.54, 1.807) is 16.0 Å². The van der Waals surface area contributed by atoms with Gasteiger partial charge in [0.05, 0.1) is 22.8 Å². The largest absolute Gasteiger partial charge is 0.346 e. The zero-order chi connectivity index (χ0) is 17.9. The minimum atomic E-state index is -0.0379. The maximum absolute atomic E-state index is 12.5. The van der Waals surface area contributed by atoms with E-state index < -0.39 is 0 Å². The number of benzene rings is 1. The molecule has 1 aliphatic heterocycles. The molecule has 3 heterocycles. The van der Waals surface area contributed by atoms with Crippen LogP contribution in [0.25, 0.3) is 5.69 Å². The summed E-state index contributed by atoms with van der Waals surface area (Å²) in [6, 6.07) is 11.4. The molecule has 2 N–H and O–H groups in total. The molecule has 0 saturated heterocycles. The van der Waals surface area contributed by atoms with Crippen LogP contribution in [0.15, 0.2) is 42.6 Å². The summed E-state index contributed by atoms with van der Waals surface area (Å²) < 4.78 is 1.77. The minimum absolute atomic E-state index is 0.0379. The van der Waals surface area contributed by atoms with E-state index in [1.165, 1.54) is 10.4 Å². The number of nitrogens with zero attached hydrogens (tertiary/aromatic N) is 2. The number of carbonyl (C=O) groups excluding carboxylic acids is 1. The van der Waals surface area contributed by atoms with E-state index in [0.29, 0.717) is 11.6 Å². The Kier molecular flexibility index (Phi) is 5.06. The molecule has 134 valence electrons. The van der Waals surface area contributed by atoms with Crippen molar-refractivity contribution in [2.45, 2.75) is 25.9 Å². The molecule has 1 amide bonds. The van der Waals surface area contributed by atoms with Gasteiger partial charge in [0.2, 0.25) is 0 Å². The first-order valence-corrected chi connectivity index (χ1v) is 9.79. The molecule has 1 aliphatic rings. The van der Waals surface area contributed by atoms with Gasteiger partial charge in [0, 0.05) is 22.6 Å². The van der Waals surface area contributed by atoms with Gasteiger partial charge in [-0.05, 0) is 61.3 Å². The lowest BCUT2D eigenvalue weighted by atomic mass is 10.2. The Labute approximate surface area is 161 Å². The summed E-state index contributed by atoms with van der Waals surface area (Å²) in [7, 11) is 0. The van der Waals surface area contributed by atoms with Gasteiger partial charge in [-0.2, -0.15) is 5.10 Å². The van der Waals surface area contributed by atoms with Crippen LogP contribution in [0.4, 0.5) is 0 Å². The molecular weight excluding hydrogens is 368 g/mol. The highest BCUT2D eigenvalue weighted by Crippen LogP contribution is 2.25. The third kappa shape index (κ3) is 3.82. The SMILES string of the molecule is O=C(NCc1ccn(-c2ccc(Cl)cc2)n1)c1cc2c(s1)CCCNC2. The van der Waals surface area contributed by atoms with Gasteiger partial charge >= 0.3 is 0 Å². The van der Waals surface area contributed by atoms with E-state index in [1.807, 2.05) is 42.6 Å². The first kappa shape index (κ1) is 17.3. The second-order valence-electron chi connectivity index (χ2n) is 6.25. The summed E-state index contributed by atoms with van der Waals surface area (Å²) in [5.74, 6) is -0.0379. The van der Waals surface area contributed by atoms with Gasteiger partial charge in [0.25, 0.3) is 5.91 Å². The predicted molar refractivity (Wildman–Crippen MR) is 104 cm³/mol. The molecule has 3 aromatic rings.